The van der Waals surface area contributed by atoms with Gasteiger partial charge in [0.25, 0.3) is 0 Å². The van der Waals surface area contributed by atoms with Crippen molar-refractivity contribution >= 4 is 23.0 Å². The molecule has 3 aromatic rings. The Morgan fingerprint density at radius 2 is 2.04 bits per heavy atom. The summed E-state index contributed by atoms with van der Waals surface area (Å²) in [7, 11) is 1.64. The quantitative estimate of drug-likeness (QED) is 0.674. The van der Waals surface area contributed by atoms with E-state index in [2.05, 4.69) is 16.0 Å². The lowest BCUT2D eigenvalue weighted by atomic mass is 10.1. The summed E-state index contributed by atoms with van der Waals surface area (Å²) in [6.45, 7) is 0. The first-order chi connectivity index (χ1) is 11.3. The normalized spacial score (nSPS) is 11.0. The van der Waals surface area contributed by atoms with Crippen LogP contribution in [-0.4, -0.2) is 17.1 Å². The van der Waals surface area contributed by atoms with Crippen LogP contribution in [0.3, 0.4) is 0 Å². The molecule has 0 radical (unpaired) electrons. The molecule has 0 N–H and O–H groups in total. The zero-order chi connectivity index (χ0) is 16.1. The number of hydrogen-bond donors (Lipinski definition) is 0. The molecule has 112 valence electrons. The molecule has 0 spiro atoms. The van der Waals surface area contributed by atoms with Crippen molar-refractivity contribution in [1.29, 1.82) is 5.26 Å². The van der Waals surface area contributed by atoms with E-state index in [-0.39, 0.29) is 0 Å². The first kappa shape index (κ1) is 14.9. The molecular weight excluding hydrogens is 306 g/mol. The molecule has 0 fully saturated rings. The number of pyridine rings is 1. The molecule has 2 heterocycles. The monoisotopic (exact) mass is 319 g/mol. The van der Waals surface area contributed by atoms with Gasteiger partial charge in [-0.1, -0.05) is 6.07 Å². The van der Waals surface area contributed by atoms with Crippen LogP contribution in [0.1, 0.15) is 11.4 Å². The van der Waals surface area contributed by atoms with Crippen LogP contribution in [0, 0.1) is 11.3 Å². The molecule has 2 aromatic heterocycles. The summed E-state index contributed by atoms with van der Waals surface area (Å²) in [5, 5.41) is 12.2. The first-order valence-corrected chi connectivity index (χ1v) is 7.81. The van der Waals surface area contributed by atoms with E-state index in [0.717, 1.165) is 22.0 Å². The number of nitriles is 1. The van der Waals surface area contributed by atoms with E-state index < -0.39 is 0 Å². The van der Waals surface area contributed by atoms with Gasteiger partial charge in [0.05, 0.1) is 24.1 Å². The van der Waals surface area contributed by atoms with Gasteiger partial charge in [0.15, 0.2) is 0 Å². The second-order valence-electron chi connectivity index (χ2n) is 4.69. The van der Waals surface area contributed by atoms with Crippen LogP contribution >= 0.6 is 11.3 Å². The lowest BCUT2D eigenvalue weighted by molar-refractivity contribution is 0.415. The number of thiazole rings is 1. The highest BCUT2D eigenvalue weighted by Gasteiger charge is 2.06. The smallest absolute Gasteiger partial charge is 0.124 e. The Bertz CT molecular complexity index is 861. The number of rotatable bonds is 4. The fourth-order valence-corrected chi connectivity index (χ4v) is 2.84. The Labute approximate surface area is 138 Å². The van der Waals surface area contributed by atoms with Crippen LogP contribution in [0.2, 0.25) is 0 Å². The van der Waals surface area contributed by atoms with Crippen molar-refractivity contribution in [3.8, 4) is 22.4 Å². The highest BCUT2D eigenvalue weighted by molar-refractivity contribution is 7.13. The lowest BCUT2D eigenvalue weighted by Crippen LogP contribution is -1.86. The third-order valence-electron chi connectivity index (χ3n) is 3.21. The fraction of sp³-hybridized carbons (Fsp3) is 0.0556. The SMILES string of the molecule is COc1ccc(-c2nc(/C=C(\C#N)c3ccccn3)cs2)cc1. The number of hydrogen-bond acceptors (Lipinski definition) is 5. The van der Waals surface area contributed by atoms with Gasteiger partial charge in [-0.25, -0.2) is 4.98 Å². The number of aromatic nitrogens is 2. The highest BCUT2D eigenvalue weighted by atomic mass is 32.1. The van der Waals surface area contributed by atoms with Gasteiger partial charge in [0.2, 0.25) is 0 Å². The number of methoxy groups -OCH3 is 1. The average molecular weight is 319 g/mol. The molecule has 5 heteroatoms. The molecule has 0 saturated carbocycles. The maximum Gasteiger partial charge on any atom is 0.124 e. The number of benzene rings is 1. The predicted octanol–water partition coefficient (Wildman–Crippen LogP) is 4.28. The van der Waals surface area contributed by atoms with Crippen LogP contribution in [-0.2, 0) is 0 Å². The minimum atomic E-state index is 0.497. The molecule has 0 aliphatic heterocycles. The van der Waals surface area contributed by atoms with Crippen molar-refractivity contribution in [3.63, 3.8) is 0 Å². The van der Waals surface area contributed by atoms with E-state index in [1.165, 1.54) is 11.3 Å². The molecule has 0 aliphatic rings. The summed E-state index contributed by atoms with van der Waals surface area (Å²) in [6.07, 6.45) is 3.43. The van der Waals surface area contributed by atoms with Gasteiger partial charge in [-0.05, 0) is 42.5 Å². The molecular formula is C18H13N3OS. The zero-order valence-corrected chi connectivity index (χ0v) is 13.2. The largest absolute Gasteiger partial charge is 0.497 e. The van der Waals surface area contributed by atoms with Gasteiger partial charge in [0, 0.05) is 17.1 Å². The van der Waals surface area contributed by atoms with Crippen molar-refractivity contribution in [2.45, 2.75) is 0 Å². The van der Waals surface area contributed by atoms with Gasteiger partial charge in [0.1, 0.15) is 16.8 Å². The number of nitrogens with zero attached hydrogens (tertiary/aromatic N) is 3. The molecule has 23 heavy (non-hydrogen) atoms. The molecule has 0 unspecified atom stereocenters. The topological polar surface area (TPSA) is 58.8 Å². The first-order valence-electron chi connectivity index (χ1n) is 6.93. The van der Waals surface area contributed by atoms with Gasteiger partial charge in [-0.3, -0.25) is 4.98 Å². The van der Waals surface area contributed by atoms with Crippen molar-refractivity contribution < 1.29 is 4.74 Å². The van der Waals surface area contributed by atoms with E-state index in [0.29, 0.717) is 11.3 Å². The molecule has 0 aliphatic carbocycles. The average Bonchev–Trinajstić information content (AvgIpc) is 3.09. The van der Waals surface area contributed by atoms with Crippen LogP contribution < -0.4 is 4.74 Å². The van der Waals surface area contributed by atoms with Crippen LogP contribution in [0.5, 0.6) is 5.75 Å². The Balaban J connectivity index is 1.89. The second-order valence-corrected chi connectivity index (χ2v) is 5.55. The molecule has 0 bridgehead atoms. The minimum absolute atomic E-state index is 0.497. The summed E-state index contributed by atoms with van der Waals surface area (Å²) in [5.74, 6) is 0.812. The van der Waals surface area contributed by atoms with Crippen LogP contribution in [0.25, 0.3) is 22.2 Å². The summed E-state index contributed by atoms with van der Waals surface area (Å²) in [4.78, 5) is 8.77. The molecule has 0 atom stereocenters. The van der Waals surface area contributed by atoms with Gasteiger partial charge in [-0.2, -0.15) is 5.26 Å². The molecule has 0 amide bonds. The Hall–Kier alpha value is -2.97. The number of ether oxygens (including phenoxy) is 1. The summed E-state index contributed by atoms with van der Waals surface area (Å²) in [6, 6.07) is 15.4. The van der Waals surface area contributed by atoms with E-state index in [4.69, 9.17) is 4.74 Å². The van der Waals surface area contributed by atoms with E-state index in [9.17, 15) is 5.26 Å². The van der Waals surface area contributed by atoms with E-state index in [1.54, 1.807) is 19.4 Å². The Morgan fingerprint density at radius 3 is 2.70 bits per heavy atom. The van der Waals surface area contributed by atoms with Crippen molar-refractivity contribution in [2.75, 3.05) is 7.11 Å². The van der Waals surface area contributed by atoms with Crippen molar-refractivity contribution in [2.24, 2.45) is 0 Å². The third kappa shape index (κ3) is 3.44. The fourth-order valence-electron chi connectivity index (χ4n) is 2.05. The van der Waals surface area contributed by atoms with E-state index in [1.807, 2.05) is 47.8 Å². The standard InChI is InChI=1S/C18H13N3OS/c1-22-16-7-5-13(6-8-16)18-21-15(12-23-18)10-14(11-19)17-4-2-3-9-20-17/h2-10,12H,1H3/b14-10+. The lowest BCUT2D eigenvalue weighted by Gasteiger charge is -2.00. The Kier molecular flexibility index (Phi) is 4.46. The summed E-state index contributed by atoms with van der Waals surface area (Å²) < 4.78 is 5.16. The molecule has 3 rings (SSSR count). The third-order valence-corrected chi connectivity index (χ3v) is 4.12. The summed E-state index contributed by atoms with van der Waals surface area (Å²) >= 11 is 1.54. The predicted molar refractivity (Wildman–Crippen MR) is 91.8 cm³/mol. The second kappa shape index (κ2) is 6.86. The summed E-state index contributed by atoms with van der Waals surface area (Å²) in [5.41, 5.74) is 2.92. The van der Waals surface area contributed by atoms with Gasteiger partial charge >= 0.3 is 0 Å². The van der Waals surface area contributed by atoms with Crippen LogP contribution in [0.4, 0.5) is 0 Å². The van der Waals surface area contributed by atoms with Crippen molar-refractivity contribution in [3.05, 3.63) is 65.4 Å². The maximum absolute atomic E-state index is 9.33. The zero-order valence-electron chi connectivity index (χ0n) is 12.4. The van der Waals surface area contributed by atoms with Gasteiger partial charge < -0.3 is 4.74 Å². The number of allylic oxidation sites excluding steroid dienone is 1. The van der Waals surface area contributed by atoms with E-state index >= 15 is 0 Å². The molecule has 0 saturated heterocycles. The Morgan fingerprint density at radius 1 is 1.22 bits per heavy atom. The van der Waals surface area contributed by atoms with Crippen LogP contribution in [0.15, 0.2) is 54.0 Å². The minimum Gasteiger partial charge on any atom is -0.497 e. The molecule has 4 nitrogen and oxygen atoms in total. The molecule has 1 aromatic carbocycles. The highest BCUT2D eigenvalue weighted by Crippen LogP contribution is 2.27. The van der Waals surface area contributed by atoms with Gasteiger partial charge in [-0.15, -0.1) is 11.3 Å². The maximum atomic E-state index is 9.33. The van der Waals surface area contributed by atoms with Crippen molar-refractivity contribution in [1.82, 2.24) is 9.97 Å².